The zero-order chi connectivity index (χ0) is 25.1. The Morgan fingerprint density at radius 3 is 2.54 bits per heavy atom. The molecule has 2 fully saturated rings. The van der Waals surface area contributed by atoms with Crippen molar-refractivity contribution in [1.29, 1.82) is 0 Å². The lowest BCUT2D eigenvalue weighted by molar-refractivity contribution is -0.342. The third kappa shape index (κ3) is 5.32. The van der Waals surface area contributed by atoms with Crippen LogP contribution in [0.1, 0.15) is 18.9 Å². The van der Waals surface area contributed by atoms with Gasteiger partial charge in [0.15, 0.2) is 6.29 Å². The molecule has 10 heteroatoms. The highest BCUT2D eigenvalue weighted by molar-refractivity contribution is 5.87. The second-order valence-corrected chi connectivity index (χ2v) is 9.07. The number of aldehydes is 1. The fourth-order valence-corrected chi connectivity index (χ4v) is 4.98. The second-order valence-electron chi connectivity index (χ2n) is 9.07. The molecule has 1 aromatic rings. The molecule has 2 heterocycles. The van der Waals surface area contributed by atoms with Crippen LogP contribution in [0.2, 0.25) is 0 Å². The van der Waals surface area contributed by atoms with Crippen LogP contribution in [-0.4, -0.2) is 82.4 Å². The first-order chi connectivity index (χ1) is 16.8. The van der Waals surface area contributed by atoms with Crippen molar-refractivity contribution in [3.8, 4) is 0 Å². The molecule has 35 heavy (non-hydrogen) atoms. The van der Waals surface area contributed by atoms with Gasteiger partial charge in [-0.1, -0.05) is 37.3 Å². The van der Waals surface area contributed by atoms with Gasteiger partial charge < -0.3 is 39.4 Å². The highest BCUT2D eigenvalue weighted by atomic mass is 16.8. The summed E-state index contributed by atoms with van der Waals surface area (Å²) in [7, 11) is 0. The molecule has 1 saturated carbocycles. The lowest BCUT2D eigenvalue weighted by Gasteiger charge is -2.43. The summed E-state index contributed by atoms with van der Waals surface area (Å²) in [4.78, 5) is 24.1. The Morgan fingerprint density at radius 1 is 1.11 bits per heavy atom. The molecule has 3 aliphatic rings. The van der Waals surface area contributed by atoms with Gasteiger partial charge in [-0.2, -0.15) is 0 Å². The predicted octanol–water partition coefficient (Wildman–Crippen LogP) is 0.139. The summed E-state index contributed by atoms with van der Waals surface area (Å²) in [5.41, 5.74) is 1.25. The van der Waals surface area contributed by atoms with Gasteiger partial charge in [0.2, 0.25) is 6.29 Å². The van der Waals surface area contributed by atoms with Crippen molar-refractivity contribution in [2.45, 2.75) is 56.4 Å². The molecule has 1 aromatic carbocycles. The lowest BCUT2D eigenvalue weighted by Crippen LogP contribution is -2.60. The number of fused-ring (bicyclic) bond motifs is 1. The minimum Gasteiger partial charge on any atom is -0.472 e. The zero-order valence-corrected chi connectivity index (χ0v) is 19.1. The van der Waals surface area contributed by atoms with Gasteiger partial charge in [0.25, 0.3) is 0 Å². The van der Waals surface area contributed by atoms with E-state index >= 15 is 0 Å². The summed E-state index contributed by atoms with van der Waals surface area (Å²) in [6, 6.07) is 9.31. The Kier molecular flexibility index (Phi) is 8.00. The van der Waals surface area contributed by atoms with Crippen molar-refractivity contribution >= 4 is 18.3 Å². The number of hydrogen-bond donors (Lipinski definition) is 4. The molecule has 0 bridgehead atoms. The molecule has 0 spiro atoms. The summed E-state index contributed by atoms with van der Waals surface area (Å²) in [6.07, 6.45) is -3.43. The summed E-state index contributed by atoms with van der Waals surface area (Å²) >= 11 is 0. The number of allylic oxidation sites excluding steroid dienone is 1. The van der Waals surface area contributed by atoms with Crippen LogP contribution in [-0.2, 0) is 28.5 Å². The van der Waals surface area contributed by atoms with E-state index in [1.54, 1.807) is 6.08 Å². The fourth-order valence-electron chi connectivity index (χ4n) is 4.98. The van der Waals surface area contributed by atoms with Crippen LogP contribution in [0.4, 0.5) is 0 Å². The van der Waals surface area contributed by atoms with Crippen LogP contribution < -0.4 is 0 Å². The maximum absolute atomic E-state index is 12.5. The standard InChI is InChI=1S/C25H30O10/c1-13-17(33-19(28)8-7-14-5-3-2-4-6-14)9-16-15(10-26)12-32-24(20(13)16)35-25-23(31)22(30)21(29)18(11-27)34-25/h2-8,10,12-13,16-18,20-25,27,29-31H,9,11H2,1H3. The van der Waals surface area contributed by atoms with E-state index in [1.165, 1.54) is 12.3 Å². The molecule has 4 rings (SSSR count). The number of rotatable bonds is 7. The van der Waals surface area contributed by atoms with Gasteiger partial charge in [-0.3, -0.25) is 4.79 Å². The number of aliphatic hydroxyl groups is 4. The smallest absolute Gasteiger partial charge is 0.331 e. The Hall–Kier alpha value is -2.60. The molecule has 10 unspecified atom stereocenters. The Balaban J connectivity index is 1.46. The summed E-state index contributed by atoms with van der Waals surface area (Å²) in [5, 5.41) is 39.8. The van der Waals surface area contributed by atoms with Crippen molar-refractivity contribution in [3.05, 3.63) is 53.8 Å². The summed E-state index contributed by atoms with van der Waals surface area (Å²) < 4.78 is 22.6. The molecule has 0 amide bonds. The molecule has 190 valence electrons. The molecule has 1 saturated heterocycles. The van der Waals surface area contributed by atoms with Gasteiger partial charge in [0, 0.05) is 29.4 Å². The first-order valence-corrected chi connectivity index (χ1v) is 11.5. The second kappa shape index (κ2) is 11.0. The van der Waals surface area contributed by atoms with Gasteiger partial charge in [-0.15, -0.1) is 0 Å². The van der Waals surface area contributed by atoms with Crippen molar-refractivity contribution in [2.75, 3.05) is 6.61 Å². The Labute approximate surface area is 202 Å². The molecule has 0 radical (unpaired) electrons. The maximum atomic E-state index is 12.5. The highest BCUT2D eigenvalue weighted by Crippen LogP contribution is 2.48. The number of carbonyl (C=O) groups excluding carboxylic acids is 2. The number of esters is 1. The fraction of sp³-hybridized carbons (Fsp3) is 0.520. The van der Waals surface area contributed by atoms with Crippen LogP contribution in [0.25, 0.3) is 6.08 Å². The van der Waals surface area contributed by atoms with Gasteiger partial charge >= 0.3 is 5.97 Å². The third-order valence-electron chi connectivity index (χ3n) is 6.96. The van der Waals surface area contributed by atoms with Crippen LogP contribution in [0.15, 0.2) is 48.2 Å². The maximum Gasteiger partial charge on any atom is 0.331 e. The van der Waals surface area contributed by atoms with Crippen LogP contribution in [0, 0.1) is 17.8 Å². The van der Waals surface area contributed by atoms with Crippen molar-refractivity contribution < 1.29 is 49.0 Å². The van der Waals surface area contributed by atoms with Gasteiger partial charge in [0.1, 0.15) is 36.8 Å². The first kappa shape index (κ1) is 25.5. The molecular formula is C25H30O10. The van der Waals surface area contributed by atoms with E-state index in [0.717, 1.165) is 5.56 Å². The summed E-state index contributed by atoms with van der Waals surface area (Å²) in [6.45, 7) is 1.26. The number of benzene rings is 1. The predicted molar refractivity (Wildman–Crippen MR) is 120 cm³/mol. The van der Waals surface area contributed by atoms with Crippen molar-refractivity contribution in [2.24, 2.45) is 17.8 Å². The average Bonchev–Trinajstić information content (AvgIpc) is 3.20. The monoisotopic (exact) mass is 490 g/mol. The topological polar surface area (TPSA) is 152 Å². The quantitative estimate of drug-likeness (QED) is 0.236. The van der Waals surface area contributed by atoms with E-state index < -0.39 is 61.6 Å². The van der Waals surface area contributed by atoms with E-state index in [2.05, 4.69) is 0 Å². The SMILES string of the molecule is CC1C(OC(=O)C=Cc2ccccc2)CC2C(C=O)=COC(OC3OC(CO)C(O)C(O)C3O)C21. The number of carbonyl (C=O) groups is 2. The van der Waals surface area contributed by atoms with Crippen molar-refractivity contribution in [3.63, 3.8) is 0 Å². The lowest BCUT2D eigenvalue weighted by atomic mass is 9.84. The summed E-state index contributed by atoms with van der Waals surface area (Å²) in [5.74, 6) is -1.56. The molecule has 0 aromatic heterocycles. The largest absolute Gasteiger partial charge is 0.472 e. The van der Waals surface area contributed by atoms with E-state index in [4.69, 9.17) is 18.9 Å². The van der Waals surface area contributed by atoms with Gasteiger partial charge in [0.05, 0.1) is 12.9 Å². The molecule has 10 atom stereocenters. The molecule has 2 aliphatic heterocycles. The Bertz CT molecular complexity index is 945. The van der Waals surface area contributed by atoms with Crippen LogP contribution in [0.5, 0.6) is 0 Å². The third-order valence-corrected chi connectivity index (χ3v) is 6.96. The van der Waals surface area contributed by atoms with Gasteiger partial charge in [-0.05, 0) is 18.1 Å². The molecular weight excluding hydrogens is 460 g/mol. The van der Waals surface area contributed by atoms with E-state index in [-0.39, 0.29) is 11.8 Å². The van der Waals surface area contributed by atoms with E-state index in [0.29, 0.717) is 18.3 Å². The first-order valence-electron chi connectivity index (χ1n) is 11.5. The Morgan fingerprint density at radius 2 is 1.86 bits per heavy atom. The van der Waals surface area contributed by atoms with E-state index in [1.807, 2.05) is 37.3 Å². The number of aliphatic hydroxyl groups excluding tert-OH is 4. The van der Waals surface area contributed by atoms with E-state index in [9.17, 15) is 30.0 Å². The minimum absolute atomic E-state index is 0.285. The average molecular weight is 491 g/mol. The van der Waals surface area contributed by atoms with Crippen molar-refractivity contribution in [1.82, 2.24) is 0 Å². The zero-order valence-electron chi connectivity index (χ0n) is 19.1. The minimum atomic E-state index is -1.60. The number of ether oxygens (including phenoxy) is 4. The van der Waals surface area contributed by atoms with Gasteiger partial charge in [-0.25, -0.2) is 4.79 Å². The van der Waals surface area contributed by atoms with Crippen LogP contribution >= 0.6 is 0 Å². The molecule has 1 aliphatic carbocycles. The normalized spacial score (nSPS) is 38.9. The molecule has 4 N–H and O–H groups in total. The number of hydrogen-bond acceptors (Lipinski definition) is 10. The van der Waals surface area contributed by atoms with Crippen LogP contribution in [0.3, 0.4) is 0 Å². The highest BCUT2D eigenvalue weighted by Gasteiger charge is 2.53. The molecule has 10 nitrogen and oxygen atoms in total.